The van der Waals surface area contributed by atoms with Gasteiger partial charge in [0.05, 0.1) is 21.6 Å². The SMILES string of the molecule is C=C(Cl)CC/C(=N\Nc1ccc([N+](=O)[O-])cc1[N+](=O)[O-])c1ccccc1. The molecule has 26 heavy (non-hydrogen) atoms. The van der Waals surface area contributed by atoms with Gasteiger partial charge in [-0.2, -0.15) is 5.10 Å². The lowest BCUT2D eigenvalue weighted by atomic mass is 10.1. The first-order valence-electron chi connectivity index (χ1n) is 7.52. The molecule has 2 aromatic rings. The molecule has 0 radical (unpaired) electrons. The molecule has 0 spiro atoms. The fourth-order valence-corrected chi connectivity index (χ4v) is 2.25. The van der Waals surface area contributed by atoms with Crippen LogP contribution in [0.1, 0.15) is 18.4 Å². The van der Waals surface area contributed by atoms with Gasteiger partial charge in [-0.15, -0.1) is 0 Å². The topological polar surface area (TPSA) is 111 Å². The van der Waals surface area contributed by atoms with E-state index in [-0.39, 0.29) is 11.4 Å². The maximum Gasteiger partial charge on any atom is 0.301 e. The lowest BCUT2D eigenvalue weighted by Gasteiger charge is -2.08. The second kappa shape index (κ2) is 8.72. The second-order valence-corrected chi connectivity index (χ2v) is 5.80. The molecule has 0 aliphatic carbocycles. The Kier molecular flexibility index (Phi) is 6.40. The van der Waals surface area contributed by atoms with Crippen molar-refractivity contribution in [2.45, 2.75) is 12.8 Å². The molecule has 134 valence electrons. The Balaban J connectivity index is 2.35. The number of benzene rings is 2. The summed E-state index contributed by atoms with van der Waals surface area (Å²) >= 11 is 5.82. The van der Waals surface area contributed by atoms with Crippen LogP contribution >= 0.6 is 11.6 Å². The van der Waals surface area contributed by atoms with Gasteiger partial charge in [-0.05, 0) is 24.5 Å². The fraction of sp³-hybridized carbons (Fsp3) is 0.118. The van der Waals surface area contributed by atoms with Crippen molar-refractivity contribution in [3.8, 4) is 0 Å². The number of halogens is 1. The molecule has 0 unspecified atom stereocenters. The molecule has 0 bridgehead atoms. The number of anilines is 1. The Hall–Kier alpha value is -3.26. The van der Waals surface area contributed by atoms with Crippen molar-refractivity contribution in [3.63, 3.8) is 0 Å². The maximum atomic E-state index is 11.2. The molecule has 0 aliphatic rings. The van der Waals surface area contributed by atoms with Crippen LogP contribution in [0.25, 0.3) is 0 Å². The van der Waals surface area contributed by atoms with E-state index in [1.165, 1.54) is 12.1 Å². The van der Waals surface area contributed by atoms with Crippen molar-refractivity contribution in [2.24, 2.45) is 5.10 Å². The Morgan fingerprint density at radius 2 is 1.77 bits per heavy atom. The maximum absolute atomic E-state index is 11.2. The number of hydrogen-bond donors (Lipinski definition) is 1. The van der Waals surface area contributed by atoms with Gasteiger partial charge in [-0.25, -0.2) is 0 Å². The quantitative estimate of drug-likeness (QED) is 0.403. The average Bonchev–Trinajstić information content (AvgIpc) is 2.62. The number of rotatable bonds is 8. The van der Waals surface area contributed by atoms with Crippen LogP contribution in [0.4, 0.5) is 17.1 Å². The van der Waals surface area contributed by atoms with E-state index in [9.17, 15) is 20.2 Å². The van der Waals surface area contributed by atoms with Gasteiger partial charge < -0.3 is 0 Å². The predicted octanol–water partition coefficient (Wildman–Crippen LogP) is 4.85. The zero-order valence-corrected chi connectivity index (χ0v) is 14.3. The molecule has 8 nitrogen and oxygen atoms in total. The molecule has 0 heterocycles. The van der Waals surface area contributed by atoms with E-state index in [0.29, 0.717) is 23.6 Å². The van der Waals surface area contributed by atoms with E-state index in [1.807, 2.05) is 30.3 Å². The van der Waals surface area contributed by atoms with E-state index < -0.39 is 15.5 Å². The average molecular weight is 375 g/mol. The van der Waals surface area contributed by atoms with Crippen LogP contribution in [0.15, 0.2) is 65.2 Å². The van der Waals surface area contributed by atoms with Gasteiger partial charge in [0.2, 0.25) is 0 Å². The van der Waals surface area contributed by atoms with E-state index in [1.54, 1.807) is 0 Å². The van der Waals surface area contributed by atoms with E-state index in [2.05, 4.69) is 17.1 Å². The minimum atomic E-state index is -0.701. The Labute approximate surface area is 154 Å². The number of nitrogens with zero attached hydrogens (tertiary/aromatic N) is 3. The third-order valence-corrected chi connectivity index (χ3v) is 3.63. The highest BCUT2D eigenvalue weighted by molar-refractivity contribution is 6.29. The van der Waals surface area contributed by atoms with Crippen LogP contribution in [-0.4, -0.2) is 15.6 Å². The van der Waals surface area contributed by atoms with Crippen LogP contribution in [-0.2, 0) is 0 Å². The summed E-state index contributed by atoms with van der Waals surface area (Å²) in [6.45, 7) is 3.64. The van der Waals surface area contributed by atoms with Crippen LogP contribution in [0.2, 0.25) is 0 Å². The monoisotopic (exact) mass is 374 g/mol. The van der Waals surface area contributed by atoms with Crippen LogP contribution in [0.5, 0.6) is 0 Å². The first-order chi connectivity index (χ1) is 12.4. The molecule has 2 aromatic carbocycles. The largest absolute Gasteiger partial charge is 0.301 e. The van der Waals surface area contributed by atoms with Gasteiger partial charge in [0.1, 0.15) is 5.69 Å². The molecular formula is C17H15ClN4O4. The number of non-ortho nitro benzene ring substituents is 1. The third-order valence-electron chi connectivity index (χ3n) is 3.44. The van der Waals surface area contributed by atoms with Crippen LogP contribution in [0, 0.1) is 20.2 Å². The highest BCUT2D eigenvalue weighted by Crippen LogP contribution is 2.29. The minimum Gasteiger partial charge on any atom is -0.271 e. The molecule has 0 saturated heterocycles. The normalized spacial score (nSPS) is 11.0. The summed E-state index contributed by atoms with van der Waals surface area (Å²) in [7, 11) is 0. The van der Waals surface area contributed by atoms with Gasteiger partial charge in [0, 0.05) is 11.1 Å². The first-order valence-corrected chi connectivity index (χ1v) is 7.90. The van der Waals surface area contributed by atoms with E-state index >= 15 is 0 Å². The zero-order valence-electron chi connectivity index (χ0n) is 13.6. The van der Waals surface area contributed by atoms with Crippen molar-refractivity contribution in [3.05, 3.63) is 85.9 Å². The van der Waals surface area contributed by atoms with E-state index in [0.717, 1.165) is 11.6 Å². The molecule has 0 amide bonds. The first kappa shape index (κ1) is 19.1. The Bertz CT molecular complexity index is 868. The predicted molar refractivity (Wildman–Crippen MR) is 101 cm³/mol. The third kappa shape index (κ3) is 5.12. The van der Waals surface area contributed by atoms with Gasteiger partial charge in [0.25, 0.3) is 5.69 Å². The van der Waals surface area contributed by atoms with Crippen molar-refractivity contribution in [2.75, 3.05) is 5.43 Å². The van der Waals surface area contributed by atoms with Crippen molar-refractivity contribution in [1.82, 2.24) is 0 Å². The number of allylic oxidation sites excluding steroid dienone is 1. The number of hydrazone groups is 1. The second-order valence-electron chi connectivity index (χ2n) is 5.27. The summed E-state index contributed by atoms with van der Waals surface area (Å²) in [6, 6.07) is 12.6. The summed E-state index contributed by atoms with van der Waals surface area (Å²) in [5, 5.41) is 26.7. The lowest BCUT2D eigenvalue weighted by molar-refractivity contribution is -0.393. The lowest BCUT2D eigenvalue weighted by Crippen LogP contribution is -2.06. The molecule has 0 atom stereocenters. The Morgan fingerprint density at radius 1 is 1.08 bits per heavy atom. The van der Waals surface area contributed by atoms with Gasteiger partial charge in [0.15, 0.2) is 0 Å². The van der Waals surface area contributed by atoms with Gasteiger partial charge in [-0.3, -0.25) is 25.7 Å². The van der Waals surface area contributed by atoms with E-state index in [4.69, 9.17) is 11.6 Å². The van der Waals surface area contributed by atoms with Gasteiger partial charge in [-0.1, -0.05) is 48.5 Å². The molecule has 0 aromatic heterocycles. The standard InChI is InChI=1S/C17H15ClN4O4/c1-12(18)7-9-15(13-5-3-2-4-6-13)19-20-16-10-8-14(21(23)24)11-17(16)22(25)26/h2-6,8,10-11,20H,1,7,9H2/b19-15+. The summed E-state index contributed by atoms with van der Waals surface area (Å²) in [5.74, 6) is 0. The zero-order chi connectivity index (χ0) is 19.1. The van der Waals surface area contributed by atoms with Crippen molar-refractivity contribution < 1.29 is 9.85 Å². The number of hydrogen-bond acceptors (Lipinski definition) is 6. The van der Waals surface area contributed by atoms with Crippen molar-refractivity contribution >= 4 is 34.4 Å². The summed E-state index contributed by atoms with van der Waals surface area (Å²) in [6.07, 6.45) is 0.958. The number of nitro benzene ring substituents is 2. The summed E-state index contributed by atoms with van der Waals surface area (Å²) < 4.78 is 0. The minimum absolute atomic E-state index is 0.0544. The molecule has 2 rings (SSSR count). The van der Waals surface area contributed by atoms with Crippen LogP contribution < -0.4 is 5.43 Å². The highest BCUT2D eigenvalue weighted by Gasteiger charge is 2.19. The smallest absolute Gasteiger partial charge is 0.271 e. The van der Waals surface area contributed by atoms with Gasteiger partial charge >= 0.3 is 5.69 Å². The fourth-order valence-electron chi connectivity index (χ4n) is 2.16. The molecule has 0 saturated carbocycles. The highest BCUT2D eigenvalue weighted by atomic mass is 35.5. The van der Waals surface area contributed by atoms with Crippen molar-refractivity contribution in [1.29, 1.82) is 0 Å². The molecule has 9 heteroatoms. The summed E-state index contributed by atoms with van der Waals surface area (Å²) in [4.78, 5) is 20.6. The number of nitrogens with one attached hydrogen (secondary N) is 1. The summed E-state index contributed by atoms with van der Waals surface area (Å²) in [5.41, 5.74) is 3.33. The molecular weight excluding hydrogens is 360 g/mol. The molecule has 1 N–H and O–H groups in total. The molecule has 0 fully saturated rings. The molecule has 0 aliphatic heterocycles. The number of nitro groups is 2. The van der Waals surface area contributed by atoms with Crippen LogP contribution in [0.3, 0.4) is 0 Å². The Morgan fingerprint density at radius 3 is 2.35 bits per heavy atom.